The molecule has 1 aliphatic rings. The first-order chi connectivity index (χ1) is 14.1. The summed E-state index contributed by atoms with van der Waals surface area (Å²) in [7, 11) is 0. The van der Waals surface area contributed by atoms with Crippen molar-refractivity contribution >= 4 is 54.6 Å². The molecule has 1 saturated heterocycles. The third-order valence-corrected chi connectivity index (χ3v) is 7.35. The van der Waals surface area contributed by atoms with Crippen LogP contribution in [0.15, 0.2) is 17.1 Å². The molecular formula is C19H27ClIN3O6. The number of hydrogen-bond acceptors (Lipinski definition) is 8. The fourth-order valence-corrected chi connectivity index (χ4v) is 5.34. The third-order valence-electron chi connectivity index (χ3n) is 4.61. The number of aromatic nitrogens is 2. The van der Waals surface area contributed by atoms with Crippen molar-refractivity contribution in [3.05, 3.63) is 22.7 Å². The van der Waals surface area contributed by atoms with E-state index in [1.54, 1.807) is 27.7 Å². The van der Waals surface area contributed by atoms with Gasteiger partial charge < -0.3 is 19.9 Å². The molecule has 0 aliphatic carbocycles. The lowest BCUT2D eigenvalue weighted by Gasteiger charge is -2.32. The first kappa shape index (κ1) is 24.7. The lowest BCUT2D eigenvalue weighted by molar-refractivity contribution is -0.176. The summed E-state index contributed by atoms with van der Waals surface area (Å²) in [5, 5.41) is 0. The largest absolute Gasteiger partial charge is 0.462 e. The maximum atomic E-state index is 12.4. The van der Waals surface area contributed by atoms with E-state index in [-0.39, 0.29) is 30.1 Å². The maximum absolute atomic E-state index is 12.4. The second-order valence-corrected chi connectivity index (χ2v) is 10.2. The Bertz CT molecular complexity index is 861. The van der Waals surface area contributed by atoms with E-state index in [2.05, 4.69) is 9.50 Å². The fraction of sp³-hybridized carbons (Fsp3) is 0.632. The Morgan fingerprint density at radius 2 is 2.00 bits per heavy atom. The Balaban J connectivity index is 2.49. The summed E-state index contributed by atoms with van der Waals surface area (Å²) in [6.07, 6.45) is -0.213. The van der Waals surface area contributed by atoms with E-state index in [9.17, 15) is 14.4 Å². The van der Waals surface area contributed by atoms with Crippen molar-refractivity contribution < 1.29 is 23.8 Å². The van der Waals surface area contributed by atoms with E-state index in [0.717, 1.165) is 0 Å². The van der Waals surface area contributed by atoms with Crippen LogP contribution in [0.2, 0.25) is 0 Å². The normalized spacial score (nSPS) is 26.2. The highest BCUT2D eigenvalue weighted by Crippen LogP contribution is 2.45. The van der Waals surface area contributed by atoms with Crippen LogP contribution in [0.5, 0.6) is 0 Å². The molecule has 30 heavy (non-hydrogen) atoms. The van der Waals surface area contributed by atoms with Crippen LogP contribution in [-0.4, -0.2) is 54.1 Å². The quantitative estimate of drug-likeness (QED) is 0.293. The number of halogens is 2. The molecule has 2 N–H and O–H groups in total. The van der Waals surface area contributed by atoms with Gasteiger partial charge in [0.2, 0.25) is 0 Å². The molecule has 0 unspecified atom stereocenters. The number of carbonyl (C=O) groups is 2. The molecule has 2 heterocycles. The van der Waals surface area contributed by atoms with Crippen LogP contribution < -0.4 is 11.4 Å². The van der Waals surface area contributed by atoms with Crippen molar-refractivity contribution in [2.24, 2.45) is 11.8 Å². The van der Waals surface area contributed by atoms with E-state index >= 15 is 0 Å². The minimum atomic E-state index is -1.33. The molecule has 9 nitrogen and oxygen atoms in total. The molecule has 0 spiro atoms. The van der Waals surface area contributed by atoms with Gasteiger partial charge in [0.25, 0.3) is 0 Å². The second kappa shape index (κ2) is 10.2. The van der Waals surface area contributed by atoms with Crippen molar-refractivity contribution in [2.75, 3.05) is 18.2 Å². The van der Waals surface area contributed by atoms with Crippen molar-refractivity contribution in [1.82, 2.24) is 9.55 Å². The number of esters is 2. The van der Waals surface area contributed by atoms with Gasteiger partial charge in [-0.3, -0.25) is 14.2 Å². The van der Waals surface area contributed by atoms with E-state index in [1.807, 2.05) is 0 Å². The van der Waals surface area contributed by atoms with Crippen molar-refractivity contribution in [1.29, 1.82) is 0 Å². The highest BCUT2D eigenvalue weighted by atomic mass is 127. The minimum Gasteiger partial charge on any atom is -0.462 e. The van der Waals surface area contributed by atoms with Gasteiger partial charge in [-0.2, -0.15) is 4.98 Å². The van der Waals surface area contributed by atoms with Gasteiger partial charge in [0.05, 0.1) is 21.6 Å². The maximum Gasteiger partial charge on any atom is 0.351 e. The molecule has 0 bridgehead atoms. The van der Waals surface area contributed by atoms with Crippen LogP contribution in [0.1, 0.15) is 33.9 Å². The van der Waals surface area contributed by atoms with Gasteiger partial charge in [-0.05, 0) is 6.07 Å². The summed E-state index contributed by atoms with van der Waals surface area (Å²) in [4.78, 5) is 40.7. The van der Waals surface area contributed by atoms with Gasteiger partial charge >= 0.3 is 17.6 Å². The molecule has 0 saturated carbocycles. The van der Waals surface area contributed by atoms with Crippen molar-refractivity contribution in [2.45, 2.75) is 49.6 Å². The third kappa shape index (κ3) is 5.20. The number of anilines is 1. The molecular weight excluding hydrogens is 529 g/mol. The van der Waals surface area contributed by atoms with Crippen molar-refractivity contribution in [3.63, 3.8) is 0 Å². The summed E-state index contributed by atoms with van der Waals surface area (Å²) in [5.41, 5.74) is 3.65. The lowest BCUT2D eigenvalue weighted by Crippen LogP contribution is -2.51. The number of nitrogens with zero attached hydrogens (tertiary/aromatic N) is 2. The number of ether oxygens (including phenoxy) is 3. The highest BCUT2D eigenvalue weighted by molar-refractivity contribution is 14.2. The Labute approximate surface area is 190 Å². The molecule has 1 aromatic heterocycles. The van der Waals surface area contributed by atoms with Gasteiger partial charge in [-0.15, -0.1) is 32.3 Å². The van der Waals surface area contributed by atoms with Crippen LogP contribution in [0.3, 0.4) is 0 Å². The zero-order chi connectivity index (χ0) is 22.6. The fourth-order valence-electron chi connectivity index (χ4n) is 2.85. The molecule has 168 valence electrons. The molecule has 1 aromatic rings. The molecule has 0 amide bonds. The average Bonchev–Trinajstić information content (AvgIpc) is 2.99. The van der Waals surface area contributed by atoms with E-state index < -0.39 is 60.2 Å². The Morgan fingerprint density at radius 3 is 2.50 bits per heavy atom. The summed E-state index contributed by atoms with van der Waals surface area (Å²) in [5.74, 6) is -1.67. The van der Waals surface area contributed by atoms with Gasteiger partial charge in [-0.25, -0.2) is 4.79 Å². The van der Waals surface area contributed by atoms with Crippen LogP contribution in [0.4, 0.5) is 5.82 Å². The van der Waals surface area contributed by atoms with Crippen LogP contribution in [-0.2, 0) is 23.8 Å². The number of rotatable bonds is 8. The van der Waals surface area contributed by atoms with Gasteiger partial charge in [0, 0.05) is 6.20 Å². The average molecular weight is 556 g/mol. The zero-order valence-corrected chi connectivity index (χ0v) is 20.3. The Morgan fingerprint density at radius 1 is 1.37 bits per heavy atom. The minimum absolute atomic E-state index is 0.0763. The smallest absolute Gasteiger partial charge is 0.351 e. The van der Waals surface area contributed by atoms with Gasteiger partial charge in [-0.1, -0.05) is 32.2 Å². The highest BCUT2D eigenvalue weighted by Gasteiger charge is 2.58. The number of hydrogen-bond donors (Lipinski definition) is 1. The van der Waals surface area contributed by atoms with Crippen molar-refractivity contribution in [3.8, 4) is 0 Å². The first-order valence-corrected chi connectivity index (χ1v) is 12.7. The molecule has 2 rings (SSSR count). The standard InChI is InChI=1S/C19H27ClIN3O6/c1-10(2)16(25)28-9-19(8-20)14(29-17(26)11(3)4)13(21-5)15(30-19)24-7-6-12(22)23-18(24)27/h6-7,10-11,13-15H,5,8-9H2,1-4H3,(H2,22,23,27)/t13-,14+,15-,19-/m1/s1. The predicted molar refractivity (Wildman–Crippen MR) is 122 cm³/mol. The topological polar surface area (TPSA) is 123 Å². The SMILES string of the molecule is C=I[C@H]1[C@H](n2ccc(N)nc2=O)O[C@](CCl)(COC(=O)C(C)C)[C@H]1OC(=O)C(C)C. The van der Waals surface area contributed by atoms with E-state index in [0.29, 0.717) is 0 Å². The van der Waals surface area contributed by atoms with Gasteiger partial charge in [0.1, 0.15) is 12.4 Å². The molecule has 1 fully saturated rings. The van der Waals surface area contributed by atoms with Crippen LogP contribution in [0, 0.1) is 11.8 Å². The molecule has 11 heteroatoms. The molecule has 0 aromatic carbocycles. The lowest BCUT2D eigenvalue weighted by atomic mass is 9.99. The van der Waals surface area contributed by atoms with E-state index in [1.165, 1.54) is 16.8 Å². The Kier molecular flexibility index (Phi) is 8.40. The van der Waals surface area contributed by atoms with Crippen LogP contribution >= 0.6 is 32.3 Å². The summed E-state index contributed by atoms with van der Waals surface area (Å²) in [6, 6.07) is 1.47. The molecule has 1 aliphatic heterocycles. The second-order valence-electron chi connectivity index (χ2n) is 7.62. The number of nitrogen functional groups attached to an aromatic ring is 1. The number of nitrogens with two attached hydrogens (primary N) is 1. The first-order valence-electron chi connectivity index (χ1n) is 9.38. The molecule has 0 radical (unpaired) electrons. The summed E-state index contributed by atoms with van der Waals surface area (Å²) < 4.78 is 22.3. The van der Waals surface area contributed by atoms with Gasteiger partial charge in [0.15, 0.2) is 17.9 Å². The molecule has 4 atom stereocenters. The number of alkyl halides is 2. The van der Waals surface area contributed by atoms with Crippen LogP contribution in [0.25, 0.3) is 0 Å². The zero-order valence-electron chi connectivity index (χ0n) is 17.3. The monoisotopic (exact) mass is 555 g/mol. The Hall–Kier alpha value is -1.53. The predicted octanol–water partition coefficient (Wildman–Crippen LogP) is 1.87. The summed E-state index contributed by atoms with van der Waals surface area (Å²) in [6.45, 7) is 6.60. The van der Waals surface area contributed by atoms with E-state index in [4.69, 9.17) is 31.5 Å². The number of carbonyl (C=O) groups excluding carboxylic acids is 2. The summed E-state index contributed by atoms with van der Waals surface area (Å²) >= 11 is 5.44.